The molecule has 5 nitrogen and oxygen atoms in total. The Morgan fingerprint density at radius 1 is 1.67 bits per heavy atom. The smallest absolute Gasteiger partial charge is 0.315 e. The van der Waals surface area contributed by atoms with E-state index in [2.05, 4.69) is 10.6 Å². The number of carbonyl (C=O) groups excluding carboxylic acids is 1. The van der Waals surface area contributed by atoms with Crippen LogP contribution in [0, 0.1) is 0 Å². The summed E-state index contributed by atoms with van der Waals surface area (Å²) < 4.78 is 10.4. The molecular formula is C10H20N2O3. The molecule has 1 rings (SSSR count). The van der Waals surface area contributed by atoms with Crippen molar-refractivity contribution in [1.82, 2.24) is 10.6 Å². The van der Waals surface area contributed by atoms with Crippen molar-refractivity contribution < 1.29 is 14.3 Å². The first kappa shape index (κ1) is 12.3. The Bertz CT molecular complexity index is 193. The Morgan fingerprint density at radius 3 is 3.07 bits per heavy atom. The first-order valence-electron chi connectivity index (χ1n) is 5.45. The van der Waals surface area contributed by atoms with Gasteiger partial charge in [-0.2, -0.15) is 0 Å². The third-order valence-corrected chi connectivity index (χ3v) is 2.21. The van der Waals surface area contributed by atoms with Crippen LogP contribution in [0.5, 0.6) is 0 Å². The summed E-state index contributed by atoms with van der Waals surface area (Å²) >= 11 is 0. The second-order valence-corrected chi connectivity index (χ2v) is 3.74. The third-order valence-electron chi connectivity index (χ3n) is 2.21. The zero-order valence-electron chi connectivity index (χ0n) is 9.41. The molecule has 88 valence electrons. The number of carbonyl (C=O) groups is 1. The molecule has 15 heavy (non-hydrogen) atoms. The van der Waals surface area contributed by atoms with Crippen LogP contribution in [0.4, 0.5) is 4.79 Å². The molecule has 1 fully saturated rings. The lowest BCUT2D eigenvalue weighted by Gasteiger charge is -2.16. The van der Waals surface area contributed by atoms with Gasteiger partial charge in [0.05, 0.1) is 25.3 Å². The predicted molar refractivity (Wildman–Crippen MR) is 56.8 cm³/mol. The minimum absolute atomic E-state index is 0.0345. The van der Waals surface area contributed by atoms with E-state index in [1.807, 2.05) is 13.8 Å². The number of hydrogen-bond acceptors (Lipinski definition) is 3. The summed E-state index contributed by atoms with van der Waals surface area (Å²) in [5.41, 5.74) is 0. The molecule has 2 N–H and O–H groups in total. The van der Waals surface area contributed by atoms with Gasteiger partial charge in [-0.1, -0.05) is 0 Å². The molecule has 2 amide bonds. The summed E-state index contributed by atoms with van der Waals surface area (Å²) in [5, 5.41) is 5.67. The normalized spacial score (nSPS) is 22.4. The van der Waals surface area contributed by atoms with Crippen molar-refractivity contribution in [3.63, 3.8) is 0 Å². The first-order valence-corrected chi connectivity index (χ1v) is 5.45. The van der Waals surface area contributed by atoms with Crippen LogP contribution >= 0.6 is 0 Å². The van der Waals surface area contributed by atoms with Gasteiger partial charge >= 0.3 is 6.03 Å². The quantitative estimate of drug-likeness (QED) is 0.703. The molecule has 1 aliphatic heterocycles. The summed E-state index contributed by atoms with van der Waals surface area (Å²) in [6.07, 6.45) is 0.896. The molecular weight excluding hydrogens is 196 g/mol. The van der Waals surface area contributed by atoms with Gasteiger partial charge in [0.15, 0.2) is 0 Å². The third kappa shape index (κ3) is 4.99. The fraction of sp³-hybridized carbons (Fsp3) is 0.900. The topological polar surface area (TPSA) is 59.6 Å². The fourth-order valence-corrected chi connectivity index (χ4v) is 1.44. The van der Waals surface area contributed by atoms with Crippen LogP contribution in [-0.4, -0.2) is 44.5 Å². The number of rotatable bonds is 5. The highest BCUT2D eigenvalue weighted by atomic mass is 16.5. The van der Waals surface area contributed by atoms with Crippen LogP contribution < -0.4 is 10.6 Å². The van der Waals surface area contributed by atoms with Gasteiger partial charge in [0.25, 0.3) is 0 Å². The van der Waals surface area contributed by atoms with Crippen LogP contribution in [-0.2, 0) is 9.47 Å². The van der Waals surface area contributed by atoms with Gasteiger partial charge in [0.2, 0.25) is 0 Å². The number of hydrogen-bond donors (Lipinski definition) is 2. The average Bonchev–Trinajstić information content (AvgIpc) is 2.67. The molecule has 1 heterocycles. The lowest BCUT2D eigenvalue weighted by molar-refractivity contribution is 0.128. The number of nitrogens with one attached hydrogen (secondary N) is 2. The van der Waals surface area contributed by atoms with Gasteiger partial charge in [-0.15, -0.1) is 0 Å². The van der Waals surface area contributed by atoms with Gasteiger partial charge in [0.1, 0.15) is 0 Å². The van der Waals surface area contributed by atoms with E-state index in [0.29, 0.717) is 19.8 Å². The molecule has 0 saturated carbocycles. The van der Waals surface area contributed by atoms with Gasteiger partial charge in [-0.05, 0) is 20.3 Å². The van der Waals surface area contributed by atoms with Crippen LogP contribution in [0.15, 0.2) is 0 Å². The van der Waals surface area contributed by atoms with E-state index >= 15 is 0 Å². The average molecular weight is 216 g/mol. The Kier molecular flexibility index (Phi) is 5.42. The van der Waals surface area contributed by atoms with Gasteiger partial charge in [0, 0.05) is 13.2 Å². The Morgan fingerprint density at radius 2 is 2.47 bits per heavy atom. The van der Waals surface area contributed by atoms with E-state index < -0.39 is 0 Å². The van der Waals surface area contributed by atoms with Crippen molar-refractivity contribution in [2.45, 2.75) is 32.4 Å². The number of amides is 2. The van der Waals surface area contributed by atoms with Crippen molar-refractivity contribution in [1.29, 1.82) is 0 Å². The second-order valence-electron chi connectivity index (χ2n) is 3.74. The zero-order valence-corrected chi connectivity index (χ0v) is 9.41. The molecule has 0 spiro atoms. The van der Waals surface area contributed by atoms with Gasteiger partial charge in [-0.25, -0.2) is 4.79 Å². The molecule has 0 aromatic carbocycles. The van der Waals surface area contributed by atoms with Crippen molar-refractivity contribution in [3.05, 3.63) is 0 Å². The largest absolute Gasteiger partial charge is 0.380 e. The zero-order chi connectivity index (χ0) is 11.1. The van der Waals surface area contributed by atoms with Crippen LogP contribution in [0.2, 0.25) is 0 Å². The highest BCUT2D eigenvalue weighted by Gasteiger charge is 2.18. The molecule has 0 bridgehead atoms. The van der Waals surface area contributed by atoms with E-state index in [1.165, 1.54) is 0 Å². The predicted octanol–water partition coefficient (Wildman–Crippen LogP) is 0.500. The Labute approximate surface area is 90.5 Å². The number of ether oxygens (including phenoxy) is 2. The standard InChI is InChI=1S/C10H20N2O3/c1-3-14-6-8(2)11-10(13)12-9-4-5-15-7-9/h8-9H,3-7H2,1-2H3,(H2,11,12,13). The molecule has 0 aliphatic carbocycles. The van der Waals surface area contributed by atoms with Crippen LogP contribution in [0.1, 0.15) is 20.3 Å². The SMILES string of the molecule is CCOCC(C)NC(=O)NC1CCOC1. The Balaban J connectivity index is 2.11. The van der Waals surface area contributed by atoms with Crippen molar-refractivity contribution >= 4 is 6.03 Å². The van der Waals surface area contributed by atoms with Gasteiger partial charge in [-0.3, -0.25) is 0 Å². The molecule has 1 saturated heterocycles. The molecule has 0 aromatic rings. The van der Waals surface area contributed by atoms with Gasteiger partial charge < -0.3 is 20.1 Å². The van der Waals surface area contributed by atoms with E-state index in [4.69, 9.17) is 9.47 Å². The molecule has 5 heteroatoms. The summed E-state index contributed by atoms with van der Waals surface area (Å²) in [7, 11) is 0. The lowest BCUT2D eigenvalue weighted by Crippen LogP contribution is -2.46. The Hall–Kier alpha value is -0.810. The second kappa shape index (κ2) is 6.63. The van der Waals surface area contributed by atoms with Crippen molar-refractivity contribution in [2.24, 2.45) is 0 Å². The van der Waals surface area contributed by atoms with Crippen molar-refractivity contribution in [2.75, 3.05) is 26.4 Å². The monoisotopic (exact) mass is 216 g/mol. The molecule has 2 atom stereocenters. The maximum atomic E-state index is 11.4. The summed E-state index contributed by atoms with van der Waals surface area (Å²) in [4.78, 5) is 11.4. The minimum atomic E-state index is -0.141. The molecule has 0 aromatic heterocycles. The van der Waals surface area contributed by atoms with Crippen molar-refractivity contribution in [3.8, 4) is 0 Å². The maximum Gasteiger partial charge on any atom is 0.315 e. The molecule has 1 aliphatic rings. The summed E-state index contributed by atoms with van der Waals surface area (Å²) in [5.74, 6) is 0. The summed E-state index contributed by atoms with van der Waals surface area (Å²) in [6.45, 7) is 6.42. The maximum absolute atomic E-state index is 11.4. The highest BCUT2D eigenvalue weighted by molar-refractivity contribution is 5.74. The van der Waals surface area contributed by atoms with E-state index in [9.17, 15) is 4.79 Å². The highest BCUT2D eigenvalue weighted by Crippen LogP contribution is 2.02. The number of urea groups is 1. The van der Waals surface area contributed by atoms with E-state index in [-0.39, 0.29) is 18.1 Å². The van der Waals surface area contributed by atoms with E-state index in [1.54, 1.807) is 0 Å². The minimum Gasteiger partial charge on any atom is -0.380 e. The van der Waals surface area contributed by atoms with Crippen LogP contribution in [0.3, 0.4) is 0 Å². The van der Waals surface area contributed by atoms with Crippen LogP contribution in [0.25, 0.3) is 0 Å². The first-order chi connectivity index (χ1) is 7.22. The molecule has 2 unspecified atom stereocenters. The molecule has 0 radical (unpaired) electrons. The lowest BCUT2D eigenvalue weighted by atomic mass is 10.3. The summed E-state index contributed by atoms with van der Waals surface area (Å²) in [6, 6.07) is 0.0502. The van der Waals surface area contributed by atoms with E-state index in [0.717, 1.165) is 13.0 Å². The fourth-order valence-electron chi connectivity index (χ4n) is 1.44.